The molecule has 0 bridgehead atoms. The standard InChI is InChI=1S/C16H28N4O3/c1-12(2)10-13(20-6-8-23-9-7-20)11-17-16(22)14-4-5-15(21)19(3)18-14/h12-13H,4-11H2,1-3H3,(H,17,22). The van der Waals surface area contributed by atoms with Crippen molar-refractivity contribution in [1.29, 1.82) is 0 Å². The fraction of sp³-hybridized carbons (Fsp3) is 0.812. The van der Waals surface area contributed by atoms with Gasteiger partial charge in [-0.2, -0.15) is 5.10 Å². The second-order valence-corrected chi connectivity index (χ2v) is 6.61. The Bertz CT molecular complexity index is 458. The topological polar surface area (TPSA) is 74.2 Å². The van der Waals surface area contributed by atoms with E-state index in [-0.39, 0.29) is 11.8 Å². The molecular formula is C16H28N4O3. The largest absolute Gasteiger partial charge is 0.379 e. The molecule has 2 heterocycles. The van der Waals surface area contributed by atoms with E-state index in [1.54, 1.807) is 7.05 Å². The Kier molecular flexibility index (Phi) is 6.53. The van der Waals surface area contributed by atoms with Crippen molar-refractivity contribution >= 4 is 17.5 Å². The second kappa shape index (κ2) is 8.40. The van der Waals surface area contributed by atoms with Crippen LogP contribution in [0.25, 0.3) is 0 Å². The SMILES string of the molecule is CC(C)CC(CNC(=O)C1=NN(C)C(=O)CC1)N1CCOCC1. The maximum atomic E-state index is 12.3. The predicted octanol–water partition coefficient (Wildman–Crippen LogP) is 0.458. The Hall–Kier alpha value is -1.47. The summed E-state index contributed by atoms with van der Waals surface area (Å²) in [6.07, 6.45) is 1.80. The first kappa shape index (κ1) is 17.9. The molecule has 1 N–H and O–H groups in total. The Labute approximate surface area is 138 Å². The molecule has 130 valence electrons. The van der Waals surface area contributed by atoms with Gasteiger partial charge in [0, 0.05) is 45.6 Å². The highest BCUT2D eigenvalue weighted by Gasteiger charge is 2.25. The van der Waals surface area contributed by atoms with E-state index in [0.717, 1.165) is 32.7 Å². The summed E-state index contributed by atoms with van der Waals surface area (Å²) in [4.78, 5) is 26.1. The second-order valence-electron chi connectivity index (χ2n) is 6.61. The zero-order chi connectivity index (χ0) is 16.8. The van der Waals surface area contributed by atoms with Crippen LogP contribution in [-0.2, 0) is 14.3 Å². The normalized spacial score (nSPS) is 21.3. The molecule has 0 radical (unpaired) electrons. The van der Waals surface area contributed by atoms with Gasteiger partial charge in [-0.1, -0.05) is 13.8 Å². The van der Waals surface area contributed by atoms with E-state index in [0.29, 0.717) is 37.1 Å². The van der Waals surface area contributed by atoms with Gasteiger partial charge in [-0.25, -0.2) is 5.01 Å². The van der Waals surface area contributed by atoms with E-state index in [9.17, 15) is 9.59 Å². The summed E-state index contributed by atoms with van der Waals surface area (Å²) in [5, 5.41) is 8.33. The molecule has 2 aliphatic heterocycles. The summed E-state index contributed by atoms with van der Waals surface area (Å²) >= 11 is 0. The minimum Gasteiger partial charge on any atom is -0.379 e. The highest BCUT2D eigenvalue weighted by molar-refractivity contribution is 6.39. The summed E-state index contributed by atoms with van der Waals surface area (Å²) in [5.41, 5.74) is 0.442. The Morgan fingerprint density at radius 3 is 2.61 bits per heavy atom. The van der Waals surface area contributed by atoms with Crippen LogP contribution in [0.15, 0.2) is 5.10 Å². The first-order chi connectivity index (χ1) is 11.0. The van der Waals surface area contributed by atoms with Gasteiger partial charge in [0.2, 0.25) is 5.91 Å². The summed E-state index contributed by atoms with van der Waals surface area (Å²) in [6.45, 7) is 8.32. The monoisotopic (exact) mass is 324 g/mol. The molecule has 0 aromatic heterocycles. The molecular weight excluding hydrogens is 296 g/mol. The third-order valence-corrected chi connectivity index (χ3v) is 4.27. The fourth-order valence-electron chi connectivity index (χ4n) is 2.99. The lowest BCUT2D eigenvalue weighted by molar-refractivity contribution is -0.130. The van der Waals surface area contributed by atoms with E-state index >= 15 is 0 Å². The van der Waals surface area contributed by atoms with Crippen molar-refractivity contribution in [3.8, 4) is 0 Å². The maximum Gasteiger partial charge on any atom is 0.267 e. The number of nitrogens with one attached hydrogen (secondary N) is 1. The summed E-state index contributed by atoms with van der Waals surface area (Å²) in [5.74, 6) is 0.356. The van der Waals surface area contributed by atoms with Gasteiger partial charge in [-0.05, 0) is 12.3 Å². The minimum absolute atomic E-state index is 0.0486. The molecule has 7 nitrogen and oxygen atoms in total. The first-order valence-corrected chi connectivity index (χ1v) is 8.41. The van der Waals surface area contributed by atoms with E-state index in [1.165, 1.54) is 5.01 Å². The summed E-state index contributed by atoms with van der Waals surface area (Å²) in [6, 6.07) is 0.311. The van der Waals surface area contributed by atoms with Crippen molar-refractivity contribution in [3.05, 3.63) is 0 Å². The number of nitrogens with zero attached hydrogens (tertiary/aromatic N) is 3. The van der Waals surface area contributed by atoms with Gasteiger partial charge in [-0.3, -0.25) is 14.5 Å². The number of morpholine rings is 1. The van der Waals surface area contributed by atoms with Crippen molar-refractivity contribution in [2.75, 3.05) is 39.9 Å². The minimum atomic E-state index is -0.161. The molecule has 23 heavy (non-hydrogen) atoms. The number of amides is 2. The molecule has 0 spiro atoms. The molecule has 2 rings (SSSR count). The first-order valence-electron chi connectivity index (χ1n) is 8.41. The van der Waals surface area contributed by atoms with Gasteiger partial charge < -0.3 is 10.1 Å². The quantitative estimate of drug-likeness (QED) is 0.770. The lowest BCUT2D eigenvalue weighted by atomic mass is 10.0. The van der Waals surface area contributed by atoms with Crippen LogP contribution in [0.4, 0.5) is 0 Å². The van der Waals surface area contributed by atoms with E-state index in [2.05, 4.69) is 29.2 Å². The molecule has 1 saturated heterocycles. The zero-order valence-electron chi connectivity index (χ0n) is 14.4. The van der Waals surface area contributed by atoms with E-state index in [1.807, 2.05) is 0 Å². The van der Waals surface area contributed by atoms with Crippen molar-refractivity contribution in [1.82, 2.24) is 15.2 Å². The van der Waals surface area contributed by atoms with Crippen molar-refractivity contribution in [3.63, 3.8) is 0 Å². The van der Waals surface area contributed by atoms with Crippen molar-refractivity contribution < 1.29 is 14.3 Å². The predicted molar refractivity (Wildman–Crippen MR) is 88.1 cm³/mol. The number of hydrogen-bond donors (Lipinski definition) is 1. The van der Waals surface area contributed by atoms with Crippen LogP contribution in [0.3, 0.4) is 0 Å². The van der Waals surface area contributed by atoms with Gasteiger partial charge >= 0.3 is 0 Å². The lowest BCUT2D eigenvalue weighted by Gasteiger charge is -2.35. The molecule has 1 unspecified atom stereocenters. The molecule has 7 heteroatoms. The number of rotatable bonds is 6. The number of carbonyl (C=O) groups is 2. The van der Waals surface area contributed by atoms with Gasteiger partial charge in [0.25, 0.3) is 5.91 Å². The van der Waals surface area contributed by atoms with Crippen LogP contribution in [0.5, 0.6) is 0 Å². The molecule has 2 aliphatic rings. The average Bonchev–Trinajstić information content (AvgIpc) is 2.54. The molecule has 2 amide bonds. The number of hydrogen-bond acceptors (Lipinski definition) is 5. The molecule has 1 atom stereocenters. The highest BCUT2D eigenvalue weighted by Crippen LogP contribution is 2.13. The van der Waals surface area contributed by atoms with E-state index < -0.39 is 0 Å². The smallest absolute Gasteiger partial charge is 0.267 e. The molecule has 0 saturated carbocycles. The average molecular weight is 324 g/mol. The fourth-order valence-corrected chi connectivity index (χ4v) is 2.99. The Morgan fingerprint density at radius 1 is 1.30 bits per heavy atom. The lowest BCUT2D eigenvalue weighted by Crippen LogP contribution is -2.50. The van der Waals surface area contributed by atoms with Crippen LogP contribution in [0.1, 0.15) is 33.1 Å². The Balaban J connectivity index is 1.90. The number of carbonyl (C=O) groups excluding carboxylic acids is 2. The molecule has 1 fully saturated rings. The van der Waals surface area contributed by atoms with Crippen LogP contribution in [0, 0.1) is 5.92 Å². The molecule has 0 aromatic carbocycles. The molecule has 0 aliphatic carbocycles. The number of ether oxygens (including phenoxy) is 1. The third kappa shape index (κ3) is 5.28. The zero-order valence-corrected chi connectivity index (χ0v) is 14.4. The number of hydrazone groups is 1. The van der Waals surface area contributed by atoms with Gasteiger partial charge in [0.15, 0.2) is 0 Å². The highest BCUT2D eigenvalue weighted by atomic mass is 16.5. The van der Waals surface area contributed by atoms with E-state index in [4.69, 9.17) is 4.74 Å². The van der Waals surface area contributed by atoms with Gasteiger partial charge in [-0.15, -0.1) is 0 Å². The Morgan fingerprint density at radius 2 is 2.00 bits per heavy atom. The summed E-state index contributed by atoms with van der Waals surface area (Å²) in [7, 11) is 1.59. The van der Waals surface area contributed by atoms with Crippen LogP contribution in [0.2, 0.25) is 0 Å². The van der Waals surface area contributed by atoms with Crippen molar-refractivity contribution in [2.45, 2.75) is 39.2 Å². The third-order valence-electron chi connectivity index (χ3n) is 4.27. The maximum absolute atomic E-state index is 12.3. The van der Waals surface area contributed by atoms with Crippen molar-refractivity contribution in [2.24, 2.45) is 11.0 Å². The summed E-state index contributed by atoms with van der Waals surface area (Å²) < 4.78 is 5.41. The van der Waals surface area contributed by atoms with Crippen LogP contribution >= 0.6 is 0 Å². The van der Waals surface area contributed by atoms with Gasteiger partial charge in [0.05, 0.1) is 13.2 Å². The van der Waals surface area contributed by atoms with Gasteiger partial charge in [0.1, 0.15) is 5.71 Å². The van der Waals surface area contributed by atoms with Crippen LogP contribution in [-0.4, -0.2) is 73.4 Å². The molecule has 0 aromatic rings. The van der Waals surface area contributed by atoms with Crippen LogP contribution < -0.4 is 5.32 Å².